The minimum absolute atomic E-state index is 0.109. The van der Waals surface area contributed by atoms with Crippen LogP contribution in [0.1, 0.15) is 11.1 Å². The van der Waals surface area contributed by atoms with Crippen molar-refractivity contribution in [3.8, 4) is 22.8 Å². The molecule has 0 bridgehead atoms. The highest BCUT2D eigenvalue weighted by molar-refractivity contribution is 5.94. The maximum Gasteiger partial charge on any atom is 0.387 e. The summed E-state index contributed by atoms with van der Waals surface area (Å²) in [5.41, 5.74) is 3.87. The Hall–Kier alpha value is -3.41. The molecule has 0 aliphatic heterocycles. The summed E-state index contributed by atoms with van der Waals surface area (Å²) in [7, 11) is 0. The number of pyridine rings is 1. The molecule has 2 aromatic heterocycles. The molecular formula is C22H18F2N2O2. The normalized spacial score (nSPS) is 11.3. The molecule has 4 aromatic rings. The van der Waals surface area contributed by atoms with Crippen LogP contribution in [0, 0.1) is 6.92 Å². The van der Waals surface area contributed by atoms with Gasteiger partial charge >= 0.3 is 6.61 Å². The number of aryl methyl sites for hydroxylation is 1. The standard InChI is InChI=1S/C22H18F2N2O2/c1-14-9-17(16-3-2-8-25-11-16)10-18-13-26(21(27)20(14)18)12-15-4-6-19(7-5-15)28-22(23)24/h2-11,13,22,27H,12H2,1H3. The molecular weight excluding hydrogens is 362 g/mol. The van der Waals surface area contributed by atoms with E-state index in [0.717, 1.165) is 33.0 Å². The topological polar surface area (TPSA) is 47.3 Å². The smallest absolute Gasteiger partial charge is 0.387 e. The Labute approximate surface area is 160 Å². The number of hydrogen-bond donors (Lipinski definition) is 1. The van der Waals surface area contributed by atoms with Gasteiger partial charge < -0.3 is 14.4 Å². The van der Waals surface area contributed by atoms with Crippen molar-refractivity contribution in [2.24, 2.45) is 0 Å². The Morgan fingerprint density at radius 3 is 2.57 bits per heavy atom. The third-order valence-corrected chi connectivity index (χ3v) is 4.65. The van der Waals surface area contributed by atoms with Crippen molar-refractivity contribution in [3.05, 3.63) is 78.2 Å². The Kier molecular flexibility index (Phi) is 4.69. The lowest BCUT2D eigenvalue weighted by Crippen LogP contribution is -2.02. The minimum atomic E-state index is -2.85. The van der Waals surface area contributed by atoms with Crippen LogP contribution in [0.2, 0.25) is 0 Å². The van der Waals surface area contributed by atoms with Crippen LogP contribution >= 0.6 is 0 Å². The first-order valence-corrected chi connectivity index (χ1v) is 8.78. The lowest BCUT2D eigenvalue weighted by molar-refractivity contribution is -0.0498. The van der Waals surface area contributed by atoms with Gasteiger partial charge in [0.2, 0.25) is 0 Å². The van der Waals surface area contributed by atoms with E-state index >= 15 is 0 Å². The quantitative estimate of drug-likeness (QED) is 0.507. The van der Waals surface area contributed by atoms with Crippen molar-refractivity contribution in [2.75, 3.05) is 0 Å². The fourth-order valence-corrected chi connectivity index (χ4v) is 3.39. The summed E-state index contributed by atoms with van der Waals surface area (Å²) in [6.45, 7) is -0.471. The first kappa shape index (κ1) is 18.0. The summed E-state index contributed by atoms with van der Waals surface area (Å²) in [4.78, 5) is 4.16. The summed E-state index contributed by atoms with van der Waals surface area (Å²) in [6, 6.07) is 14.3. The number of aromatic nitrogens is 2. The summed E-state index contributed by atoms with van der Waals surface area (Å²) in [5.74, 6) is 0.288. The van der Waals surface area contributed by atoms with Crippen molar-refractivity contribution >= 4 is 10.8 Å². The second kappa shape index (κ2) is 7.31. The van der Waals surface area contributed by atoms with E-state index in [1.807, 2.05) is 37.4 Å². The predicted octanol–water partition coefficient (Wildman–Crippen LogP) is 5.37. The van der Waals surface area contributed by atoms with Crippen LogP contribution in [0.25, 0.3) is 21.9 Å². The number of nitrogens with zero attached hydrogens (tertiary/aromatic N) is 2. The van der Waals surface area contributed by atoms with Crippen LogP contribution in [-0.2, 0) is 6.54 Å². The lowest BCUT2D eigenvalue weighted by atomic mass is 10.0. The van der Waals surface area contributed by atoms with Crippen LogP contribution < -0.4 is 4.74 Å². The number of halogens is 2. The van der Waals surface area contributed by atoms with Gasteiger partial charge in [0, 0.05) is 34.9 Å². The van der Waals surface area contributed by atoms with Gasteiger partial charge in [0.25, 0.3) is 0 Å². The lowest BCUT2D eigenvalue weighted by Gasteiger charge is -2.08. The molecule has 0 aliphatic rings. The van der Waals surface area contributed by atoms with Crippen molar-refractivity contribution in [1.82, 2.24) is 9.55 Å². The molecule has 0 amide bonds. The average Bonchev–Trinajstić information content (AvgIpc) is 2.99. The monoisotopic (exact) mass is 380 g/mol. The van der Waals surface area contributed by atoms with Gasteiger partial charge in [-0.3, -0.25) is 4.98 Å². The third kappa shape index (κ3) is 3.53. The van der Waals surface area contributed by atoms with Gasteiger partial charge in [0.15, 0.2) is 5.88 Å². The molecule has 0 unspecified atom stereocenters. The third-order valence-electron chi connectivity index (χ3n) is 4.65. The molecule has 2 aromatic carbocycles. The van der Waals surface area contributed by atoms with Crippen molar-refractivity contribution < 1.29 is 18.6 Å². The van der Waals surface area contributed by atoms with E-state index in [2.05, 4.69) is 9.72 Å². The van der Waals surface area contributed by atoms with Crippen molar-refractivity contribution in [3.63, 3.8) is 0 Å². The first-order valence-electron chi connectivity index (χ1n) is 8.78. The molecule has 6 heteroatoms. The van der Waals surface area contributed by atoms with E-state index in [-0.39, 0.29) is 11.6 Å². The zero-order chi connectivity index (χ0) is 19.7. The number of aromatic hydroxyl groups is 1. The zero-order valence-corrected chi connectivity index (χ0v) is 15.1. The van der Waals surface area contributed by atoms with E-state index in [9.17, 15) is 13.9 Å². The Bertz CT molecular complexity index is 1110. The van der Waals surface area contributed by atoms with Crippen molar-refractivity contribution in [2.45, 2.75) is 20.1 Å². The number of benzene rings is 2. The molecule has 0 radical (unpaired) electrons. The van der Waals surface area contributed by atoms with E-state index in [4.69, 9.17) is 0 Å². The maximum atomic E-state index is 12.3. The van der Waals surface area contributed by atoms with Gasteiger partial charge in [-0.15, -0.1) is 0 Å². The Morgan fingerprint density at radius 1 is 1.11 bits per heavy atom. The Morgan fingerprint density at radius 2 is 1.89 bits per heavy atom. The summed E-state index contributed by atoms with van der Waals surface area (Å²) in [5, 5.41) is 12.4. The molecule has 142 valence electrons. The molecule has 0 fully saturated rings. The molecule has 28 heavy (non-hydrogen) atoms. The molecule has 0 aliphatic carbocycles. The summed E-state index contributed by atoms with van der Waals surface area (Å²) < 4.78 is 30.6. The highest BCUT2D eigenvalue weighted by Gasteiger charge is 2.13. The van der Waals surface area contributed by atoms with Gasteiger partial charge in [0.05, 0.1) is 6.54 Å². The predicted molar refractivity (Wildman–Crippen MR) is 104 cm³/mol. The molecule has 4 rings (SSSR count). The van der Waals surface area contributed by atoms with Crippen molar-refractivity contribution in [1.29, 1.82) is 0 Å². The number of hydrogen-bond acceptors (Lipinski definition) is 3. The number of rotatable bonds is 5. The number of ether oxygens (including phenoxy) is 1. The minimum Gasteiger partial charge on any atom is -0.494 e. The highest BCUT2D eigenvalue weighted by atomic mass is 19.3. The van der Waals surface area contributed by atoms with Crippen LogP contribution in [0.5, 0.6) is 11.6 Å². The van der Waals surface area contributed by atoms with E-state index in [0.29, 0.717) is 6.54 Å². The molecule has 2 heterocycles. The first-order chi connectivity index (χ1) is 13.5. The van der Waals surface area contributed by atoms with Crippen LogP contribution in [0.3, 0.4) is 0 Å². The van der Waals surface area contributed by atoms with Crippen LogP contribution in [0.15, 0.2) is 67.1 Å². The van der Waals surface area contributed by atoms with Gasteiger partial charge in [-0.2, -0.15) is 8.78 Å². The Balaban J connectivity index is 1.67. The van der Waals surface area contributed by atoms with E-state index < -0.39 is 6.61 Å². The van der Waals surface area contributed by atoms with Gasteiger partial charge in [-0.05, 0) is 47.9 Å². The number of alkyl halides is 2. The molecule has 1 N–H and O–H groups in total. The van der Waals surface area contributed by atoms with Gasteiger partial charge in [0.1, 0.15) is 5.75 Å². The molecule has 4 nitrogen and oxygen atoms in total. The summed E-state index contributed by atoms with van der Waals surface area (Å²) >= 11 is 0. The fourth-order valence-electron chi connectivity index (χ4n) is 3.39. The molecule has 0 spiro atoms. The highest BCUT2D eigenvalue weighted by Crippen LogP contribution is 2.34. The van der Waals surface area contributed by atoms with Gasteiger partial charge in [-0.1, -0.05) is 24.3 Å². The summed E-state index contributed by atoms with van der Waals surface area (Å²) in [6.07, 6.45) is 5.43. The van der Waals surface area contributed by atoms with E-state index in [1.54, 1.807) is 29.1 Å². The van der Waals surface area contributed by atoms with Gasteiger partial charge in [-0.25, -0.2) is 0 Å². The van der Waals surface area contributed by atoms with Crippen LogP contribution in [-0.4, -0.2) is 21.3 Å². The fraction of sp³-hybridized carbons (Fsp3) is 0.136. The van der Waals surface area contributed by atoms with E-state index in [1.165, 1.54) is 12.1 Å². The largest absolute Gasteiger partial charge is 0.494 e. The maximum absolute atomic E-state index is 12.3. The SMILES string of the molecule is Cc1cc(-c2cccnc2)cc2cn(Cc3ccc(OC(F)F)cc3)c(O)c12. The second-order valence-corrected chi connectivity index (χ2v) is 6.60. The molecule has 0 saturated heterocycles. The second-order valence-electron chi connectivity index (χ2n) is 6.60. The zero-order valence-electron chi connectivity index (χ0n) is 15.1. The van der Waals surface area contributed by atoms with Crippen LogP contribution in [0.4, 0.5) is 8.78 Å². The molecule has 0 atom stereocenters. The average molecular weight is 380 g/mol. The number of fused-ring (bicyclic) bond motifs is 1. The molecule has 0 saturated carbocycles.